The summed E-state index contributed by atoms with van der Waals surface area (Å²) in [6.45, 7) is 1.05. The summed E-state index contributed by atoms with van der Waals surface area (Å²) in [6.07, 6.45) is -3.15. The SMILES string of the molecule is CCN(CC(=O)O)C1CC(NC(=O)Nc2cccc(OCC(F)(F)F)c2)C1. The van der Waals surface area contributed by atoms with Gasteiger partial charge in [-0.05, 0) is 31.5 Å². The third-order valence-electron chi connectivity index (χ3n) is 4.20. The highest BCUT2D eigenvalue weighted by Gasteiger charge is 2.34. The van der Waals surface area contributed by atoms with E-state index in [1.807, 2.05) is 11.8 Å². The normalized spacial score (nSPS) is 19.3. The molecule has 0 aromatic heterocycles. The minimum Gasteiger partial charge on any atom is -0.484 e. The fraction of sp³-hybridized carbons (Fsp3) is 0.529. The van der Waals surface area contributed by atoms with Gasteiger partial charge >= 0.3 is 18.2 Å². The molecule has 10 heteroatoms. The quantitative estimate of drug-likeness (QED) is 0.636. The number of rotatable bonds is 8. The number of benzene rings is 1. The highest BCUT2D eigenvalue weighted by molar-refractivity contribution is 5.89. The first-order valence-corrected chi connectivity index (χ1v) is 8.49. The Kier molecular flexibility index (Phi) is 6.89. The van der Waals surface area contributed by atoms with Gasteiger partial charge in [-0.2, -0.15) is 13.2 Å². The van der Waals surface area contributed by atoms with E-state index < -0.39 is 24.8 Å². The van der Waals surface area contributed by atoms with Gasteiger partial charge in [0.25, 0.3) is 0 Å². The first-order chi connectivity index (χ1) is 12.7. The zero-order valence-corrected chi connectivity index (χ0v) is 14.8. The van der Waals surface area contributed by atoms with E-state index >= 15 is 0 Å². The summed E-state index contributed by atoms with van der Waals surface area (Å²) >= 11 is 0. The number of carbonyl (C=O) groups excluding carboxylic acids is 1. The Balaban J connectivity index is 1.77. The van der Waals surface area contributed by atoms with Gasteiger partial charge in [-0.1, -0.05) is 13.0 Å². The van der Waals surface area contributed by atoms with Gasteiger partial charge in [0.05, 0.1) is 6.54 Å². The number of anilines is 1. The maximum Gasteiger partial charge on any atom is 0.422 e. The molecule has 1 aliphatic rings. The molecule has 1 saturated carbocycles. The van der Waals surface area contributed by atoms with Gasteiger partial charge in [-0.15, -0.1) is 0 Å². The minimum atomic E-state index is -4.44. The van der Waals surface area contributed by atoms with Crippen LogP contribution in [0.25, 0.3) is 0 Å². The third-order valence-corrected chi connectivity index (χ3v) is 4.20. The number of nitrogens with zero attached hydrogens (tertiary/aromatic N) is 1. The van der Waals surface area contributed by atoms with E-state index in [0.29, 0.717) is 25.1 Å². The highest BCUT2D eigenvalue weighted by Crippen LogP contribution is 2.26. The molecule has 1 fully saturated rings. The maximum absolute atomic E-state index is 12.2. The van der Waals surface area contributed by atoms with Gasteiger partial charge in [0.15, 0.2) is 6.61 Å². The van der Waals surface area contributed by atoms with Crippen molar-refractivity contribution in [2.75, 3.05) is 25.0 Å². The van der Waals surface area contributed by atoms with Gasteiger partial charge in [0, 0.05) is 23.8 Å². The molecule has 1 aliphatic carbocycles. The van der Waals surface area contributed by atoms with Crippen LogP contribution in [-0.4, -0.2) is 60.0 Å². The van der Waals surface area contributed by atoms with Crippen molar-refractivity contribution in [2.45, 2.75) is 38.0 Å². The Bertz CT molecular complexity index is 663. The molecule has 2 amide bonds. The van der Waals surface area contributed by atoms with Crippen LogP contribution in [0.2, 0.25) is 0 Å². The number of halogens is 3. The first-order valence-electron chi connectivity index (χ1n) is 8.49. The molecule has 0 aliphatic heterocycles. The fourth-order valence-electron chi connectivity index (χ4n) is 2.86. The topological polar surface area (TPSA) is 90.9 Å². The number of carboxylic acids is 1. The number of amides is 2. The Hall–Kier alpha value is -2.49. The Morgan fingerprint density at radius 1 is 1.33 bits per heavy atom. The van der Waals surface area contributed by atoms with E-state index in [1.54, 1.807) is 0 Å². The van der Waals surface area contributed by atoms with Crippen molar-refractivity contribution in [2.24, 2.45) is 0 Å². The van der Waals surface area contributed by atoms with Crippen molar-refractivity contribution in [1.29, 1.82) is 0 Å². The van der Waals surface area contributed by atoms with Gasteiger partial charge in [0.2, 0.25) is 0 Å². The number of ether oxygens (including phenoxy) is 1. The molecule has 0 unspecified atom stereocenters. The number of urea groups is 1. The molecule has 1 aromatic carbocycles. The summed E-state index contributed by atoms with van der Waals surface area (Å²) in [6, 6.07) is 5.24. The molecule has 0 atom stereocenters. The first kappa shape index (κ1) is 20.8. The second-order valence-electron chi connectivity index (χ2n) is 6.31. The van der Waals surface area contributed by atoms with Crippen molar-refractivity contribution in [3.63, 3.8) is 0 Å². The monoisotopic (exact) mass is 389 g/mol. The van der Waals surface area contributed by atoms with Crippen LogP contribution in [0.1, 0.15) is 19.8 Å². The lowest BCUT2D eigenvalue weighted by molar-refractivity contribution is -0.153. The van der Waals surface area contributed by atoms with E-state index in [0.717, 1.165) is 0 Å². The Labute approximate surface area is 154 Å². The molecule has 7 nitrogen and oxygen atoms in total. The molecule has 0 saturated heterocycles. The zero-order chi connectivity index (χ0) is 20.0. The van der Waals surface area contributed by atoms with Crippen LogP contribution in [0.3, 0.4) is 0 Å². The summed E-state index contributed by atoms with van der Waals surface area (Å²) in [7, 11) is 0. The second-order valence-corrected chi connectivity index (χ2v) is 6.31. The summed E-state index contributed by atoms with van der Waals surface area (Å²) in [5.41, 5.74) is 0.309. The number of alkyl halides is 3. The predicted octanol–water partition coefficient (Wildman–Crippen LogP) is 2.69. The summed E-state index contributed by atoms with van der Waals surface area (Å²) in [4.78, 5) is 24.7. The molecule has 0 heterocycles. The molecule has 0 radical (unpaired) electrons. The van der Waals surface area contributed by atoms with Crippen molar-refractivity contribution in [3.05, 3.63) is 24.3 Å². The van der Waals surface area contributed by atoms with Crippen LogP contribution in [0.15, 0.2) is 24.3 Å². The van der Waals surface area contributed by atoms with Crippen LogP contribution >= 0.6 is 0 Å². The molecule has 2 rings (SSSR count). The van der Waals surface area contributed by atoms with Crippen LogP contribution in [0, 0.1) is 0 Å². The molecule has 0 spiro atoms. The number of likely N-dealkylation sites (N-methyl/N-ethyl adjacent to an activating group) is 1. The molecule has 27 heavy (non-hydrogen) atoms. The van der Waals surface area contributed by atoms with Gasteiger partial charge in [-0.3, -0.25) is 9.69 Å². The standard InChI is InChI=1S/C17H22F3N3O4/c1-2-23(9-15(24)25)13-6-12(7-13)22-16(26)21-11-4-3-5-14(8-11)27-10-17(18,19)20/h3-5,8,12-13H,2,6-7,9-10H2,1H3,(H,24,25)(H2,21,22,26). The number of hydrogen-bond acceptors (Lipinski definition) is 4. The molecule has 150 valence electrons. The van der Waals surface area contributed by atoms with Crippen molar-refractivity contribution in [3.8, 4) is 5.75 Å². The summed E-state index contributed by atoms with van der Waals surface area (Å²) < 4.78 is 41.2. The van der Waals surface area contributed by atoms with Crippen LogP contribution in [-0.2, 0) is 4.79 Å². The number of nitrogens with one attached hydrogen (secondary N) is 2. The number of hydrogen-bond donors (Lipinski definition) is 3. The molecule has 0 bridgehead atoms. The average molecular weight is 389 g/mol. The van der Waals surface area contributed by atoms with Crippen molar-refractivity contribution >= 4 is 17.7 Å². The third kappa shape index (κ3) is 6.97. The van der Waals surface area contributed by atoms with E-state index in [9.17, 15) is 22.8 Å². The van der Waals surface area contributed by atoms with Crippen LogP contribution < -0.4 is 15.4 Å². The van der Waals surface area contributed by atoms with Crippen molar-refractivity contribution < 1.29 is 32.6 Å². The molecule has 1 aromatic rings. The highest BCUT2D eigenvalue weighted by atomic mass is 19.4. The van der Waals surface area contributed by atoms with Crippen LogP contribution in [0.5, 0.6) is 5.75 Å². The summed E-state index contributed by atoms with van der Waals surface area (Å²) in [5, 5.41) is 14.2. The second kappa shape index (κ2) is 8.94. The largest absolute Gasteiger partial charge is 0.484 e. The summed E-state index contributed by atoms with van der Waals surface area (Å²) in [5.74, 6) is -0.889. The fourth-order valence-corrected chi connectivity index (χ4v) is 2.86. The minimum absolute atomic E-state index is 0.00101. The maximum atomic E-state index is 12.2. The molecular weight excluding hydrogens is 367 g/mol. The Morgan fingerprint density at radius 3 is 2.63 bits per heavy atom. The zero-order valence-electron chi connectivity index (χ0n) is 14.8. The predicted molar refractivity (Wildman–Crippen MR) is 91.8 cm³/mol. The lowest BCUT2D eigenvalue weighted by Gasteiger charge is -2.42. The van der Waals surface area contributed by atoms with Gasteiger partial charge < -0.3 is 20.5 Å². The van der Waals surface area contributed by atoms with E-state index in [-0.39, 0.29) is 24.4 Å². The van der Waals surface area contributed by atoms with Gasteiger partial charge in [-0.25, -0.2) is 4.79 Å². The number of carboxylic acid groups (broad SMARTS) is 1. The Morgan fingerprint density at radius 2 is 2.04 bits per heavy atom. The van der Waals surface area contributed by atoms with Crippen LogP contribution in [0.4, 0.5) is 23.7 Å². The number of aliphatic carboxylic acids is 1. The van der Waals surface area contributed by atoms with E-state index in [1.165, 1.54) is 24.3 Å². The lowest BCUT2D eigenvalue weighted by Crippen LogP contribution is -2.55. The number of carbonyl (C=O) groups is 2. The van der Waals surface area contributed by atoms with Gasteiger partial charge in [0.1, 0.15) is 5.75 Å². The molecule has 3 N–H and O–H groups in total. The molecular formula is C17H22F3N3O4. The average Bonchev–Trinajstić information content (AvgIpc) is 2.53. The smallest absolute Gasteiger partial charge is 0.422 e. The van der Waals surface area contributed by atoms with Crippen molar-refractivity contribution in [1.82, 2.24) is 10.2 Å². The lowest BCUT2D eigenvalue weighted by atomic mass is 9.85. The van der Waals surface area contributed by atoms with E-state index in [4.69, 9.17) is 5.11 Å². The van der Waals surface area contributed by atoms with E-state index in [2.05, 4.69) is 15.4 Å².